The number of hydrogen-bond donors (Lipinski definition) is 2. The molecule has 0 saturated carbocycles. The lowest BCUT2D eigenvalue weighted by molar-refractivity contribution is 0.329. The molecule has 6 nitrogen and oxygen atoms in total. The predicted molar refractivity (Wildman–Crippen MR) is 84.6 cm³/mol. The molecule has 0 radical (unpaired) electrons. The fraction of sp³-hybridized carbons (Fsp3) is 0.467. The fourth-order valence-corrected chi connectivity index (χ4v) is 2.15. The first-order valence-corrected chi connectivity index (χ1v) is 7.24. The van der Waals surface area contributed by atoms with Crippen molar-refractivity contribution < 1.29 is 4.74 Å². The molecule has 6 heteroatoms. The average Bonchev–Trinajstić information content (AvgIpc) is 2.77. The lowest BCUT2D eigenvalue weighted by Gasteiger charge is -2.10. The predicted octanol–water partition coefficient (Wildman–Crippen LogP) is 2.38. The number of hydrogen-bond acceptors (Lipinski definition) is 5. The van der Waals surface area contributed by atoms with Gasteiger partial charge in [-0.3, -0.25) is 4.68 Å². The highest BCUT2D eigenvalue weighted by molar-refractivity contribution is 5.53. The summed E-state index contributed by atoms with van der Waals surface area (Å²) >= 11 is 0. The number of nitrogens with zero attached hydrogens (tertiary/aromatic N) is 3. The molecule has 3 N–H and O–H groups in total. The zero-order valence-corrected chi connectivity index (χ0v) is 12.9. The van der Waals surface area contributed by atoms with Gasteiger partial charge in [0.05, 0.1) is 18.0 Å². The monoisotopic (exact) mass is 289 g/mol. The van der Waals surface area contributed by atoms with E-state index in [1.807, 2.05) is 24.6 Å². The largest absolute Gasteiger partial charge is 0.476 e. The standard InChI is InChI=1S/C15H23N5O/c1-4-21-15-13(16)6-7-14(18-15)17-8-5-9-20-12(3)10-11(2)19-20/h6-7,10H,4-5,8-9,16H2,1-3H3,(H,17,18). The van der Waals surface area contributed by atoms with Crippen molar-refractivity contribution in [2.45, 2.75) is 33.7 Å². The van der Waals surface area contributed by atoms with Gasteiger partial charge >= 0.3 is 0 Å². The van der Waals surface area contributed by atoms with Gasteiger partial charge in [0.15, 0.2) is 0 Å². The molecule has 0 unspecified atom stereocenters. The van der Waals surface area contributed by atoms with E-state index in [9.17, 15) is 0 Å². The quantitative estimate of drug-likeness (QED) is 0.765. The van der Waals surface area contributed by atoms with Crippen LogP contribution in [-0.4, -0.2) is 27.9 Å². The average molecular weight is 289 g/mol. The topological polar surface area (TPSA) is 78.0 Å². The van der Waals surface area contributed by atoms with Crippen LogP contribution in [0.5, 0.6) is 5.88 Å². The molecular weight excluding hydrogens is 266 g/mol. The van der Waals surface area contributed by atoms with Crippen LogP contribution in [0.15, 0.2) is 18.2 Å². The van der Waals surface area contributed by atoms with Crippen LogP contribution < -0.4 is 15.8 Å². The molecule has 0 saturated heterocycles. The molecule has 2 aromatic rings. The number of aryl methyl sites for hydroxylation is 3. The van der Waals surface area contributed by atoms with Gasteiger partial charge in [0.2, 0.25) is 5.88 Å². The summed E-state index contributed by atoms with van der Waals surface area (Å²) in [5, 5.41) is 7.72. The van der Waals surface area contributed by atoms with E-state index in [4.69, 9.17) is 10.5 Å². The van der Waals surface area contributed by atoms with Crippen molar-refractivity contribution in [3.8, 4) is 5.88 Å². The number of anilines is 2. The van der Waals surface area contributed by atoms with E-state index in [0.29, 0.717) is 18.2 Å². The van der Waals surface area contributed by atoms with Gasteiger partial charge < -0.3 is 15.8 Å². The van der Waals surface area contributed by atoms with Gasteiger partial charge in [0.1, 0.15) is 5.82 Å². The van der Waals surface area contributed by atoms with Gasteiger partial charge in [0.25, 0.3) is 0 Å². The van der Waals surface area contributed by atoms with Gasteiger partial charge in [-0.2, -0.15) is 10.1 Å². The minimum absolute atomic E-state index is 0.487. The first-order chi connectivity index (χ1) is 10.1. The maximum Gasteiger partial charge on any atom is 0.239 e. The van der Waals surface area contributed by atoms with Gasteiger partial charge in [0, 0.05) is 18.8 Å². The Bertz CT molecular complexity index is 594. The lowest BCUT2D eigenvalue weighted by Crippen LogP contribution is -2.10. The molecule has 2 aromatic heterocycles. The Hall–Kier alpha value is -2.24. The molecule has 0 aliphatic rings. The van der Waals surface area contributed by atoms with Crippen LogP contribution in [0.4, 0.5) is 11.5 Å². The molecule has 0 bridgehead atoms. The van der Waals surface area contributed by atoms with E-state index in [-0.39, 0.29) is 0 Å². The van der Waals surface area contributed by atoms with Gasteiger partial charge in [-0.25, -0.2) is 0 Å². The molecule has 21 heavy (non-hydrogen) atoms. The SMILES string of the molecule is CCOc1nc(NCCCn2nc(C)cc2C)ccc1N. The van der Waals surface area contributed by atoms with Crippen molar-refractivity contribution in [3.05, 3.63) is 29.6 Å². The molecule has 0 aliphatic carbocycles. The van der Waals surface area contributed by atoms with Gasteiger partial charge in [-0.15, -0.1) is 0 Å². The van der Waals surface area contributed by atoms with E-state index >= 15 is 0 Å². The summed E-state index contributed by atoms with van der Waals surface area (Å²) < 4.78 is 7.41. The van der Waals surface area contributed by atoms with E-state index in [0.717, 1.165) is 31.0 Å². The molecule has 114 valence electrons. The molecule has 0 amide bonds. The smallest absolute Gasteiger partial charge is 0.239 e. The third kappa shape index (κ3) is 4.11. The van der Waals surface area contributed by atoms with Crippen molar-refractivity contribution in [1.29, 1.82) is 0 Å². The summed E-state index contributed by atoms with van der Waals surface area (Å²) in [6, 6.07) is 5.76. The molecule has 2 heterocycles. The summed E-state index contributed by atoms with van der Waals surface area (Å²) in [4.78, 5) is 4.35. The number of ether oxygens (including phenoxy) is 1. The molecule has 0 spiro atoms. The first-order valence-electron chi connectivity index (χ1n) is 7.24. The number of pyridine rings is 1. The Morgan fingerprint density at radius 1 is 1.33 bits per heavy atom. The number of rotatable bonds is 7. The fourth-order valence-electron chi connectivity index (χ4n) is 2.15. The summed E-state index contributed by atoms with van der Waals surface area (Å²) in [6.07, 6.45) is 0.970. The molecule has 0 aliphatic heterocycles. The van der Waals surface area contributed by atoms with Crippen molar-refractivity contribution in [1.82, 2.24) is 14.8 Å². The zero-order valence-electron chi connectivity index (χ0n) is 12.9. The highest BCUT2D eigenvalue weighted by Gasteiger charge is 2.04. The summed E-state index contributed by atoms with van der Waals surface area (Å²) in [7, 11) is 0. The van der Waals surface area contributed by atoms with Gasteiger partial charge in [-0.05, 0) is 45.4 Å². The Labute approximate surface area is 125 Å². The third-order valence-corrected chi connectivity index (χ3v) is 3.13. The number of nitrogen functional groups attached to an aromatic ring is 1. The normalized spacial score (nSPS) is 10.6. The molecular formula is C15H23N5O. The Morgan fingerprint density at radius 3 is 2.81 bits per heavy atom. The summed E-state index contributed by atoms with van der Waals surface area (Å²) in [5.41, 5.74) is 8.61. The Balaban J connectivity index is 1.83. The number of nitrogens with two attached hydrogens (primary N) is 1. The Kier molecular flexibility index (Phi) is 5.03. The molecule has 0 aromatic carbocycles. The van der Waals surface area contributed by atoms with Crippen LogP contribution in [0.3, 0.4) is 0 Å². The third-order valence-electron chi connectivity index (χ3n) is 3.13. The van der Waals surface area contributed by atoms with E-state index in [2.05, 4.69) is 28.4 Å². The van der Waals surface area contributed by atoms with E-state index in [1.54, 1.807) is 6.07 Å². The van der Waals surface area contributed by atoms with Crippen molar-refractivity contribution in [3.63, 3.8) is 0 Å². The van der Waals surface area contributed by atoms with Crippen molar-refractivity contribution in [2.24, 2.45) is 0 Å². The van der Waals surface area contributed by atoms with E-state index < -0.39 is 0 Å². The van der Waals surface area contributed by atoms with E-state index in [1.165, 1.54) is 5.69 Å². The second-order valence-electron chi connectivity index (χ2n) is 4.95. The lowest BCUT2D eigenvalue weighted by atomic mass is 10.3. The van der Waals surface area contributed by atoms with Crippen molar-refractivity contribution in [2.75, 3.05) is 24.2 Å². The van der Waals surface area contributed by atoms with Crippen LogP contribution >= 0.6 is 0 Å². The zero-order chi connectivity index (χ0) is 15.2. The second kappa shape index (κ2) is 6.97. The number of nitrogens with one attached hydrogen (secondary N) is 1. The molecule has 0 atom stereocenters. The maximum absolute atomic E-state index is 5.80. The van der Waals surface area contributed by atoms with Crippen LogP contribution in [0.2, 0.25) is 0 Å². The maximum atomic E-state index is 5.80. The highest BCUT2D eigenvalue weighted by Crippen LogP contribution is 2.20. The van der Waals surface area contributed by atoms with Crippen LogP contribution in [0.1, 0.15) is 24.7 Å². The van der Waals surface area contributed by atoms with Crippen LogP contribution in [-0.2, 0) is 6.54 Å². The van der Waals surface area contributed by atoms with Crippen molar-refractivity contribution >= 4 is 11.5 Å². The van der Waals surface area contributed by atoms with Crippen LogP contribution in [0, 0.1) is 13.8 Å². The first kappa shape index (κ1) is 15.2. The molecule has 2 rings (SSSR count). The minimum atomic E-state index is 0.487. The second-order valence-corrected chi connectivity index (χ2v) is 4.95. The van der Waals surface area contributed by atoms with Crippen LogP contribution in [0.25, 0.3) is 0 Å². The highest BCUT2D eigenvalue weighted by atomic mass is 16.5. The minimum Gasteiger partial charge on any atom is -0.476 e. The number of aromatic nitrogens is 3. The molecule has 0 fully saturated rings. The van der Waals surface area contributed by atoms with Gasteiger partial charge in [-0.1, -0.05) is 0 Å². The Morgan fingerprint density at radius 2 is 2.14 bits per heavy atom. The summed E-state index contributed by atoms with van der Waals surface area (Å²) in [5.74, 6) is 1.27. The summed E-state index contributed by atoms with van der Waals surface area (Å²) in [6.45, 7) is 8.26.